The van der Waals surface area contributed by atoms with Gasteiger partial charge in [0.15, 0.2) is 6.61 Å². The summed E-state index contributed by atoms with van der Waals surface area (Å²) in [6, 6.07) is 8.97. The molecule has 146 valence electrons. The molecule has 7 nitrogen and oxygen atoms in total. The zero-order valence-electron chi connectivity index (χ0n) is 15.8. The van der Waals surface area contributed by atoms with E-state index in [9.17, 15) is 9.59 Å². The van der Waals surface area contributed by atoms with Crippen molar-refractivity contribution >= 4 is 16.8 Å². The van der Waals surface area contributed by atoms with Gasteiger partial charge in [0.1, 0.15) is 17.3 Å². The number of benzene rings is 1. The number of hydrogen-bond donors (Lipinski definition) is 1. The summed E-state index contributed by atoms with van der Waals surface area (Å²) >= 11 is 0. The number of nitrogens with one attached hydrogen (secondary N) is 1. The van der Waals surface area contributed by atoms with Crippen LogP contribution in [0.3, 0.4) is 0 Å². The molecule has 3 aromatic rings. The number of ether oxygens (including phenoxy) is 1. The van der Waals surface area contributed by atoms with Crippen LogP contribution in [0.2, 0.25) is 0 Å². The second-order valence-electron chi connectivity index (χ2n) is 7.14. The lowest BCUT2D eigenvalue weighted by Crippen LogP contribution is -2.36. The number of aromatic nitrogens is 2. The summed E-state index contributed by atoms with van der Waals surface area (Å²) < 4.78 is 12.6. The molecule has 1 amide bonds. The van der Waals surface area contributed by atoms with Gasteiger partial charge >= 0.3 is 0 Å². The Hall–Kier alpha value is -3.09. The summed E-state index contributed by atoms with van der Waals surface area (Å²) in [5.41, 5.74) is 0.625. The summed E-state index contributed by atoms with van der Waals surface area (Å²) in [6.45, 7) is 2.56. The predicted molar refractivity (Wildman–Crippen MR) is 104 cm³/mol. The zero-order valence-corrected chi connectivity index (χ0v) is 15.8. The highest BCUT2D eigenvalue weighted by molar-refractivity contribution is 5.80. The van der Waals surface area contributed by atoms with Gasteiger partial charge in [-0.15, -0.1) is 0 Å². The van der Waals surface area contributed by atoms with Crippen LogP contribution in [0.25, 0.3) is 10.9 Å². The molecule has 1 N–H and O–H groups in total. The third-order valence-corrected chi connectivity index (χ3v) is 4.97. The van der Waals surface area contributed by atoms with Gasteiger partial charge in [-0.05, 0) is 50.1 Å². The quantitative estimate of drug-likeness (QED) is 0.679. The summed E-state index contributed by atoms with van der Waals surface area (Å²) in [6.07, 6.45) is 4.97. The molecule has 0 radical (unpaired) electrons. The third-order valence-electron chi connectivity index (χ3n) is 4.97. The first-order valence-corrected chi connectivity index (χ1v) is 9.58. The van der Waals surface area contributed by atoms with E-state index >= 15 is 0 Å². The summed E-state index contributed by atoms with van der Waals surface area (Å²) in [7, 11) is 0. The molecule has 1 aromatic carbocycles. The molecule has 0 saturated carbocycles. The van der Waals surface area contributed by atoms with Crippen molar-refractivity contribution in [3.05, 3.63) is 58.5 Å². The van der Waals surface area contributed by atoms with Crippen molar-refractivity contribution in [3.63, 3.8) is 0 Å². The highest BCUT2D eigenvalue weighted by Crippen LogP contribution is 2.19. The highest BCUT2D eigenvalue weighted by Gasteiger charge is 2.16. The van der Waals surface area contributed by atoms with Crippen LogP contribution in [-0.4, -0.2) is 28.1 Å². The second kappa shape index (κ2) is 7.88. The SMILES string of the molecule is C[C@@H](CCc1ccco1)NC(=O)COc1ccc2nc3n(c(=O)c2c1)CCC3. The lowest BCUT2D eigenvalue weighted by Gasteiger charge is -2.14. The molecule has 7 heteroatoms. The van der Waals surface area contributed by atoms with E-state index in [1.807, 2.05) is 19.1 Å². The fourth-order valence-electron chi connectivity index (χ4n) is 3.50. The van der Waals surface area contributed by atoms with Gasteiger partial charge in [0.05, 0.1) is 17.2 Å². The van der Waals surface area contributed by atoms with Gasteiger partial charge in [0, 0.05) is 25.4 Å². The Labute approximate surface area is 162 Å². The van der Waals surface area contributed by atoms with Crippen LogP contribution < -0.4 is 15.6 Å². The first kappa shape index (κ1) is 18.3. The standard InChI is InChI=1S/C21H23N3O4/c1-14(6-7-15-4-3-11-27-15)22-20(25)13-28-16-8-9-18-17(12-16)21(26)24-10-2-5-19(24)23-18/h3-4,8-9,11-12,14H,2,5-7,10,13H2,1H3,(H,22,25)/t14-/m0/s1. The van der Waals surface area contributed by atoms with Gasteiger partial charge < -0.3 is 14.5 Å². The molecule has 3 heterocycles. The summed E-state index contributed by atoms with van der Waals surface area (Å²) in [5, 5.41) is 3.43. The van der Waals surface area contributed by atoms with Crippen LogP contribution in [0.5, 0.6) is 5.75 Å². The van der Waals surface area contributed by atoms with E-state index in [1.54, 1.807) is 29.0 Å². The maximum Gasteiger partial charge on any atom is 0.261 e. The van der Waals surface area contributed by atoms with Crippen molar-refractivity contribution in [3.8, 4) is 5.75 Å². The molecule has 1 aliphatic rings. The average molecular weight is 381 g/mol. The number of aryl methyl sites for hydroxylation is 2. The fraction of sp³-hybridized carbons (Fsp3) is 0.381. The molecule has 0 aliphatic carbocycles. The van der Waals surface area contributed by atoms with Crippen molar-refractivity contribution in [1.29, 1.82) is 0 Å². The van der Waals surface area contributed by atoms with Gasteiger partial charge in [0.2, 0.25) is 0 Å². The molecule has 0 spiro atoms. The Morgan fingerprint density at radius 2 is 2.29 bits per heavy atom. The highest BCUT2D eigenvalue weighted by atomic mass is 16.5. The summed E-state index contributed by atoms with van der Waals surface area (Å²) in [4.78, 5) is 29.3. The monoisotopic (exact) mass is 381 g/mol. The molecular weight excluding hydrogens is 358 g/mol. The molecule has 28 heavy (non-hydrogen) atoms. The molecule has 0 fully saturated rings. The Morgan fingerprint density at radius 1 is 1.39 bits per heavy atom. The molecule has 4 rings (SSSR count). The van der Waals surface area contributed by atoms with Crippen molar-refractivity contribution in [2.45, 2.75) is 45.2 Å². The van der Waals surface area contributed by atoms with E-state index < -0.39 is 0 Å². The van der Waals surface area contributed by atoms with Gasteiger partial charge in [-0.3, -0.25) is 14.2 Å². The average Bonchev–Trinajstić information content (AvgIpc) is 3.37. The van der Waals surface area contributed by atoms with E-state index in [2.05, 4.69) is 10.3 Å². The lowest BCUT2D eigenvalue weighted by molar-refractivity contribution is -0.123. The van der Waals surface area contributed by atoms with Crippen molar-refractivity contribution in [1.82, 2.24) is 14.9 Å². The minimum absolute atomic E-state index is 0.00855. The van der Waals surface area contributed by atoms with Crippen molar-refractivity contribution in [2.75, 3.05) is 6.61 Å². The van der Waals surface area contributed by atoms with E-state index in [4.69, 9.17) is 9.15 Å². The topological polar surface area (TPSA) is 86.4 Å². The van der Waals surface area contributed by atoms with Gasteiger partial charge in [-0.1, -0.05) is 0 Å². The number of nitrogens with zero attached hydrogens (tertiary/aromatic N) is 2. The van der Waals surface area contributed by atoms with Crippen LogP contribution in [0.15, 0.2) is 45.8 Å². The normalized spacial score (nSPS) is 14.0. The van der Waals surface area contributed by atoms with E-state index in [-0.39, 0.29) is 24.1 Å². The van der Waals surface area contributed by atoms with Crippen molar-refractivity contribution < 1.29 is 13.9 Å². The number of rotatable bonds is 7. The zero-order chi connectivity index (χ0) is 19.5. The second-order valence-corrected chi connectivity index (χ2v) is 7.14. The maximum absolute atomic E-state index is 12.6. The molecule has 0 saturated heterocycles. The van der Waals surface area contributed by atoms with Crippen molar-refractivity contribution in [2.24, 2.45) is 0 Å². The van der Waals surface area contributed by atoms with Crippen LogP contribution >= 0.6 is 0 Å². The number of amides is 1. The van der Waals surface area contributed by atoms with Gasteiger partial charge in [0.25, 0.3) is 11.5 Å². The Balaban J connectivity index is 1.34. The van der Waals surface area contributed by atoms with Crippen LogP contribution in [0, 0.1) is 0 Å². The molecule has 0 bridgehead atoms. The lowest BCUT2D eigenvalue weighted by atomic mass is 10.1. The Morgan fingerprint density at radius 3 is 3.11 bits per heavy atom. The molecular formula is C21H23N3O4. The molecule has 2 aromatic heterocycles. The van der Waals surface area contributed by atoms with Gasteiger partial charge in [-0.25, -0.2) is 4.98 Å². The number of furan rings is 1. The van der Waals surface area contributed by atoms with E-state index in [0.29, 0.717) is 23.2 Å². The number of fused-ring (bicyclic) bond motifs is 2. The fourth-order valence-corrected chi connectivity index (χ4v) is 3.50. The number of carbonyl (C=O) groups excluding carboxylic acids is 1. The third kappa shape index (κ3) is 3.93. The molecule has 0 unspecified atom stereocenters. The Bertz CT molecular complexity index is 1040. The predicted octanol–water partition coefficient (Wildman–Crippen LogP) is 2.45. The first-order chi connectivity index (χ1) is 13.6. The first-order valence-electron chi connectivity index (χ1n) is 9.58. The smallest absolute Gasteiger partial charge is 0.261 e. The van der Waals surface area contributed by atoms with E-state index in [1.165, 1.54) is 0 Å². The molecule has 1 atom stereocenters. The van der Waals surface area contributed by atoms with Crippen LogP contribution in [-0.2, 0) is 24.2 Å². The minimum atomic E-state index is -0.198. The van der Waals surface area contributed by atoms with Gasteiger partial charge in [-0.2, -0.15) is 0 Å². The van der Waals surface area contributed by atoms with Crippen LogP contribution in [0.1, 0.15) is 31.4 Å². The number of carbonyl (C=O) groups is 1. The molecule has 1 aliphatic heterocycles. The largest absolute Gasteiger partial charge is 0.484 e. The number of hydrogen-bond acceptors (Lipinski definition) is 5. The Kier molecular flexibility index (Phi) is 5.14. The van der Waals surface area contributed by atoms with Crippen LogP contribution in [0.4, 0.5) is 0 Å². The summed E-state index contributed by atoms with van der Waals surface area (Å²) in [5.74, 6) is 2.04. The maximum atomic E-state index is 12.6. The minimum Gasteiger partial charge on any atom is -0.484 e. The van der Waals surface area contributed by atoms with E-state index in [0.717, 1.165) is 37.3 Å².